The van der Waals surface area contributed by atoms with Crippen molar-refractivity contribution in [3.8, 4) is 0 Å². The fourth-order valence-electron chi connectivity index (χ4n) is 3.24. The summed E-state index contributed by atoms with van der Waals surface area (Å²) in [5.74, 6) is 0.605. The molecule has 1 amide bonds. The SMILES string of the molecule is Cc1ccnc(N(C(=O)OC(C)(C)C)c2cccc3c2CCCC3)c1. The van der Waals surface area contributed by atoms with E-state index in [9.17, 15) is 4.79 Å². The molecule has 1 aliphatic rings. The van der Waals surface area contributed by atoms with Crippen LogP contribution in [-0.4, -0.2) is 16.7 Å². The molecule has 1 heterocycles. The van der Waals surface area contributed by atoms with Crippen LogP contribution in [0.25, 0.3) is 0 Å². The van der Waals surface area contributed by atoms with E-state index >= 15 is 0 Å². The summed E-state index contributed by atoms with van der Waals surface area (Å²) in [6.45, 7) is 7.65. The van der Waals surface area contributed by atoms with Crippen LogP contribution in [0.3, 0.4) is 0 Å². The lowest BCUT2D eigenvalue weighted by atomic mass is 9.90. The van der Waals surface area contributed by atoms with Gasteiger partial charge in [0.25, 0.3) is 0 Å². The Bertz CT molecular complexity index is 778. The monoisotopic (exact) mass is 338 g/mol. The van der Waals surface area contributed by atoms with Gasteiger partial charge in [-0.15, -0.1) is 0 Å². The third kappa shape index (κ3) is 4.01. The molecule has 0 N–H and O–H groups in total. The van der Waals surface area contributed by atoms with Gasteiger partial charge in [0.2, 0.25) is 0 Å². The second-order valence-corrected chi connectivity index (χ2v) is 7.63. The van der Waals surface area contributed by atoms with Crippen LogP contribution in [0.2, 0.25) is 0 Å². The lowest BCUT2D eigenvalue weighted by Crippen LogP contribution is -2.35. The van der Waals surface area contributed by atoms with Crippen LogP contribution >= 0.6 is 0 Å². The third-order valence-electron chi connectivity index (χ3n) is 4.32. The zero-order valence-electron chi connectivity index (χ0n) is 15.5. The van der Waals surface area contributed by atoms with Gasteiger partial charge in [0.15, 0.2) is 0 Å². The summed E-state index contributed by atoms with van der Waals surface area (Å²) in [6.07, 6.45) is 5.74. The van der Waals surface area contributed by atoms with Crippen LogP contribution < -0.4 is 4.90 Å². The maximum Gasteiger partial charge on any atom is 0.420 e. The molecule has 1 aromatic carbocycles. The van der Waals surface area contributed by atoms with Crippen molar-refractivity contribution in [2.24, 2.45) is 0 Å². The Labute approximate surface area is 149 Å². The van der Waals surface area contributed by atoms with Gasteiger partial charge in [0.1, 0.15) is 11.4 Å². The number of aryl methyl sites for hydroxylation is 2. The van der Waals surface area contributed by atoms with E-state index in [0.717, 1.165) is 30.5 Å². The van der Waals surface area contributed by atoms with E-state index in [1.165, 1.54) is 17.5 Å². The Morgan fingerprint density at radius 2 is 1.92 bits per heavy atom. The third-order valence-corrected chi connectivity index (χ3v) is 4.32. The highest BCUT2D eigenvalue weighted by Gasteiger charge is 2.28. The van der Waals surface area contributed by atoms with Crippen LogP contribution in [0.4, 0.5) is 16.3 Å². The Balaban J connectivity index is 2.10. The molecule has 132 valence electrons. The van der Waals surface area contributed by atoms with E-state index in [2.05, 4.69) is 11.1 Å². The molecule has 0 aliphatic heterocycles. The van der Waals surface area contributed by atoms with E-state index in [4.69, 9.17) is 4.74 Å². The standard InChI is InChI=1S/C21H26N2O2/c1-15-12-13-22-19(14-15)23(20(24)25-21(2,3)4)18-11-7-9-16-8-5-6-10-17(16)18/h7,9,11-14H,5-6,8,10H2,1-4H3. The van der Waals surface area contributed by atoms with Gasteiger partial charge >= 0.3 is 6.09 Å². The number of carbonyl (C=O) groups excluding carboxylic acids is 1. The van der Waals surface area contributed by atoms with Gasteiger partial charge in [-0.2, -0.15) is 0 Å². The molecule has 1 aromatic heterocycles. The van der Waals surface area contributed by atoms with E-state index in [0.29, 0.717) is 5.82 Å². The Morgan fingerprint density at radius 1 is 1.16 bits per heavy atom. The zero-order valence-corrected chi connectivity index (χ0v) is 15.5. The van der Waals surface area contributed by atoms with Crippen molar-refractivity contribution in [2.45, 2.75) is 59.0 Å². The van der Waals surface area contributed by atoms with E-state index in [-0.39, 0.29) is 6.09 Å². The van der Waals surface area contributed by atoms with Crippen molar-refractivity contribution < 1.29 is 9.53 Å². The summed E-state index contributed by atoms with van der Waals surface area (Å²) in [7, 11) is 0. The number of ether oxygens (including phenoxy) is 1. The van der Waals surface area contributed by atoms with Gasteiger partial charge in [-0.3, -0.25) is 0 Å². The molecule has 0 spiro atoms. The summed E-state index contributed by atoms with van der Waals surface area (Å²) in [4.78, 5) is 19.1. The van der Waals surface area contributed by atoms with Crippen molar-refractivity contribution in [3.63, 3.8) is 0 Å². The molecule has 0 saturated carbocycles. The van der Waals surface area contributed by atoms with Gasteiger partial charge in [-0.25, -0.2) is 14.7 Å². The van der Waals surface area contributed by atoms with Crippen LogP contribution in [-0.2, 0) is 17.6 Å². The van der Waals surface area contributed by atoms with Gasteiger partial charge in [0.05, 0.1) is 5.69 Å². The number of anilines is 2. The van der Waals surface area contributed by atoms with Gasteiger partial charge in [0, 0.05) is 6.20 Å². The minimum Gasteiger partial charge on any atom is -0.443 e. The molecule has 4 heteroatoms. The van der Waals surface area contributed by atoms with Crippen molar-refractivity contribution in [3.05, 3.63) is 53.2 Å². The first-order valence-electron chi connectivity index (χ1n) is 8.92. The zero-order chi connectivity index (χ0) is 18.0. The fourth-order valence-corrected chi connectivity index (χ4v) is 3.24. The van der Waals surface area contributed by atoms with E-state index < -0.39 is 5.60 Å². The van der Waals surface area contributed by atoms with Crippen molar-refractivity contribution in [1.29, 1.82) is 0 Å². The van der Waals surface area contributed by atoms with E-state index in [1.807, 2.05) is 52.0 Å². The Kier molecular flexibility index (Phi) is 4.80. The first kappa shape index (κ1) is 17.5. The summed E-state index contributed by atoms with van der Waals surface area (Å²) < 4.78 is 5.69. The summed E-state index contributed by atoms with van der Waals surface area (Å²) >= 11 is 0. The lowest BCUT2D eigenvalue weighted by Gasteiger charge is -2.30. The number of hydrogen-bond donors (Lipinski definition) is 0. The maximum atomic E-state index is 13.0. The molecule has 1 aliphatic carbocycles. The van der Waals surface area contributed by atoms with Crippen LogP contribution in [0.1, 0.15) is 50.3 Å². The molecule has 0 fully saturated rings. The highest BCUT2D eigenvalue weighted by atomic mass is 16.6. The quantitative estimate of drug-likeness (QED) is 0.742. The number of benzene rings is 1. The molecule has 0 atom stereocenters. The van der Waals surface area contributed by atoms with E-state index in [1.54, 1.807) is 11.1 Å². The summed E-state index contributed by atoms with van der Waals surface area (Å²) in [5.41, 5.74) is 3.95. The number of pyridine rings is 1. The number of amides is 1. The van der Waals surface area contributed by atoms with Gasteiger partial charge in [-0.05, 0) is 88.3 Å². The first-order chi connectivity index (χ1) is 11.8. The molecule has 25 heavy (non-hydrogen) atoms. The Morgan fingerprint density at radius 3 is 2.64 bits per heavy atom. The molecule has 0 radical (unpaired) electrons. The number of hydrogen-bond acceptors (Lipinski definition) is 3. The predicted octanol–water partition coefficient (Wildman–Crippen LogP) is 5.34. The maximum absolute atomic E-state index is 13.0. The van der Waals surface area contributed by atoms with Crippen LogP contribution in [0.5, 0.6) is 0 Å². The minimum absolute atomic E-state index is 0.385. The molecule has 0 saturated heterocycles. The summed E-state index contributed by atoms with van der Waals surface area (Å²) in [5, 5.41) is 0. The normalized spacial score (nSPS) is 13.9. The minimum atomic E-state index is -0.562. The molecule has 0 unspecified atom stereocenters. The Hall–Kier alpha value is -2.36. The average molecular weight is 338 g/mol. The van der Waals surface area contributed by atoms with Gasteiger partial charge in [-0.1, -0.05) is 12.1 Å². The molecule has 2 aromatic rings. The second kappa shape index (κ2) is 6.87. The van der Waals surface area contributed by atoms with Crippen molar-refractivity contribution in [1.82, 2.24) is 4.98 Å². The number of rotatable bonds is 2. The van der Waals surface area contributed by atoms with Gasteiger partial charge < -0.3 is 4.74 Å². The average Bonchev–Trinajstić information content (AvgIpc) is 2.54. The number of nitrogens with zero attached hydrogens (tertiary/aromatic N) is 2. The smallest absolute Gasteiger partial charge is 0.420 e. The second-order valence-electron chi connectivity index (χ2n) is 7.63. The predicted molar refractivity (Wildman–Crippen MR) is 100 cm³/mol. The van der Waals surface area contributed by atoms with Crippen molar-refractivity contribution in [2.75, 3.05) is 4.90 Å². The molecular formula is C21H26N2O2. The van der Waals surface area contributed by atoms with Crippen LogP contribution in [0.15, 0.2) is 36.5 Å². The van der Waals surface area contributed by atoms with Crippen molar-refractivity contribution >= 4 is 17.6 Å². The molecular weight excluding hydrogens is 312 g/mol. The number of fused-ring (bicyclic) bond motifs is 1. The highest BCUT2D eigenvalue weighted by Crippen LogP contribution is 2.35. The molecule has 4 nitrogen and oxygen atoms in total. The number of carbonyl (C=O) groups is 1. The number of aromatic nitrogens is 1. The largest absolute Gasteiger partial charge is 0.443 e. The molecule has 0 bridgehead atoms. The summed E-state index contributed by atoms with van der Waals surface area (Å²) in [6, 6.07) is 10.0. The lowest BCUT2D eigenvalue weighted by molar-refractivity contribution is 0.0598. The fraction of sp³-hybridized carbons (Fsp3) is 0.429. The topological polar surface area (TPSA) is 42.4 Å². The highest BCUT2D eigenvalue weighted by molar-refractivity contribution is 5.96. The molecule has 3 rings (SSSR count). The van der Waals surface area contributed by atoms with Crippen LogP contribution in [0, 0.1) is 6.92 Å². The first-order valence-corrected chi connectivity index (χ1v) is 8.92.